The highest BCUT2D eigenvalue weighted by Crippen LogP contribution is 2.37. The Hall–Kier alpha value is -2.95. The number of nitrogens with zero attached hydrogens (tertiary/aromatic N) is 2. The van der Waals surface area contributed by atoms with Crippen molar-refractivity contribution in [2.45, 2.75) is 32.1 Å². The fraction of sp³-hybridized carbons (Fsp3) is 0.400. The molecule has 0 radical (unpaired) electrons. The molecule has 1 aliphatic heterocycles. The Labute approximate surface area is 176 Å². The maximum absolute atomic E-state index is 13.1. The first kappa shape index (κ1) is 19.0. The molecule has 0 aromatic heterocycles. The smallest absolute Gasteiger partial charge is 0.253 e. The first-order valence-corrected chi connectivity index (χ1v) is 11.0. The van der Waals surface area contributed by atoms with Crippen molar-refractivity contribution in [3.05, 3.63) is 59.2 Å². The van der Waals surface area contributed by atoms with Gasteiger partial charge in [0.15, 0.2) is 5.78 Å². The van der Waals surface area contributed by atoms with Gasteiger partial charge in [0.25, 0.3) is 5.91 Å². The van der Waals surface area contributed by atoms with E-state index in [2.05, 4.69) is 0 Å². The van der Waals surface area contributed by atoms with E-state index in [-0.39, 0.29) is 23.5 Å². The number of hydrogen-bond acceptors (Lipinski definition) is 3. The van der Waals surface area contributed by atoms with Gasteiger partial charge in [-0.2, -0.15) is 0 Å². The minimum absolute atomic E-state index is 0.0156. The molecule has 154 valence electrons. The molecule has 5 heteroatoms. The highest BCUT2D eigenvalue weighted by molar-refractivity contribution is 6.22. The molecule has 3 aliphatic rings. The molecule has 0 atom stereocenters. The van der Waals surface area contributed by atoms with E-state index in [9.17, 15) is 14.4 Å². The van der Waals surface area contributed by atoms with Crippen LogP contribution in [0.3, 0.4) is 0 Å². The van der Waals surface area contributed by atoms with Gasteiger partial charge in [-0.15, -0.1) is 0 Å². The summed E-state index contributed by atoms with van der Waals surface area (Å²) >= 11 is 0. The summed E-state index contributed by atoms with van der Waals surface area (Å²) in [5.74, 6) is 0.359. The van der Waals surface area contributed by atoms with Crippen molar-refractivity contribution in [2.75, 3.05) is 26.2 Å². The predicted octanol–water partition coefficient (Wildman–Crippen LogP) is 3.76. The van der Waals surface area contributed by atoms with Gasteiger partial charge in [-0.25, -0.2) is 0 Å². The Bertz CT molecular complexity index is 1010. The molecule has 30 heavy (non-hydrogen) atoms. The summed E-state index contributed by atoms with van der Waals surface area (Å²) in [6.45, 7) is 2.28. The van der Waals surface area contributed by atoms with Gasteiger partial charge < -0.3 is 9.80 Å². The summed E-state index contributed by atoms with van der Waals surface area (Å²) in [6, 6.07) is 13.0. The van der Waals surface area contributed by atoms with Crippen molar-refractivity contribution < 1.29 is 14.4 Å². The number of benzene rings is 2. The molecule has 2 amide bonds. The normalized spacial score (nSPS) is 18.9. The Morgan fingerprint density at radius 2 is 1.37 bits per heavy atom. The molecule has 2 fully saturated rings. The number of carbonyl (C=O) groups excluding carboxylic acids is 3. The van der Waals surface area contributed by atoms with Crippen LogP contribution in [0.4, 0.5) is 0 Å². The number of carbonyl (C=O) groups is 3. The lowest BCUT2D eigenvalue weighted by molar-refractivity contribution is -0.138. The van der Waals surface area contributed by atoms with Crippen LogP contribution < -0.4 is 0 Å². The number of hydrogen-bond donors (Lipinski definition) is 0. The van der Waals surface area contributed by atoms with Crippen LogP contribution >= 0.6 is 0 Å². The maximum atomic E-state index is 13.1. The summed E-state index contributed by atoms with van der Waals surface area (Å²) in [7, 11) is 0. The summed E-state index contributed by atoms with van der Waals surface area (Å²) in [4.78, 5) is 42.3. The SMILES string of the molecule is O=C1c2ccccc2-c2ccc(C(=O)N3CCN(C(=O)C4CCCCC4)CC3)cc21. The van der Waals surface area contributed by atoms with Crippen LogP contribution in [0.1, 0.15) is 58.4 Å². The number of piperazine rings is 1. The van der Waals surface area contributed by atoms with Crippen molar-refractivity contribution in [1.82, 2.24) is 9.80 Å². The van der Waals surface area contributed by atoms with Crippen LogP contribution in [0.25, 0.3) is 11.1 Å². The quantitative estimate of drug-likeness (QED) is 0.656. The monoisotopic (exact) mass is 402 g/mol. The summed E-state index contributed by atoms with van der Waals surface area (Å²) < 4.78 is 0. The van der Waals surface area contributed by atoms with Crippen molar-refractivity contribution in [3.8, 4) is 11.1 Å². The number of amides is 2. The number of rotatable bonds is 2. The molecular weight excluding hydrogens is 376 g/mol. The van der Waals surface area contributed by atoms with E-state index in [0.717, 1.165) is 36.8 Å². The zero-order valence-electron chi connectivity index (χ0n) is 17.1. The summed E-state index contributed by atoms with van der Waals surface area (Å²) in [5, 5.41) is 0. The van der Waals surface area contributed by atoms with Crippen molar-refractivity contribution in [2.24, 2.45) is 5.92 Å². The largest absolute Gasteiger partial charge is 0.339 e. The molecule has 0 unspecified atom stereocenters. The Kier molecular flexibility index (Phi) is 4.89. The van der Waals surface area contributed by atoms with E-state index in [1.807, 2.05) is 41.3 Å². The highest BCUT2D eigenvalue weighted by atomic mass is 16.2. The predicted molar refractivity (Wildman–Crippen MR) is 114 cm³/mol. The van der Waals surface area contributed by atoms with Gasteiger partial charge in [0.05, 0.1) is 0 Å². The molecule has 2 aliphatic carbocycles. The van der Waals surface area contributed by atoms with Crippen LogP contribution in [0.15, 0.2) is 42.5 Å². The van der Waals surface area contributed by atoms with Crippen molar-refractivity contribution in [3.63, 3.8) is 0 Å². The lowest BCUT2D eigenvalue weighted by Crippen LogP contribution is -2.52. The summed E-state index contributed by atoms with van der Waals surface area (Å²) in [5.41, 5.74) is 3.68. The Balaban J connectivity index is 1.27. The molecule has 1 saturated carbocycles. The average molecular weight is 402 g/mol. The van der Waals surface area contributed by atoms with Gasteiger partial charge in [-0.1, -0.05) is 49.6 Å². The standard InChI is InChI=1S/C25H26N2O3/c28-23-21-9-5-4-8-19(21)20-11-10-18(16-22(20)23)25(30)27-14-12-26(13-15-27)24(29)17-6-2-1-3-7-17/h4-5,8-11,16-17H,1-3,6-7,12-15H2. The molecule has 0 spiro atoms. The second kappa shape index (κ2) is 7.71. The molecule has 0 N–H and O–H groups in total. The molecule has 5 rings (SSSR count). The Morgan fingerprint density at radius 3 is 2.10 bits per heavy atom. The molecule has 1 heterocycles. The van der Waals surface area contributed by atoms with E-state index in [4.69, 9.17) is 0 Å². The second-order valence-electron chi connectivity index (χ2n) is 8.59. The zero-order valence-corrected chi connectivity index (χ0v) is 17.1. The third-order valence-electron chi connectivity index (χ3n) is 6.81. The van der Waals surface area contributed by atoms with Crippen LogP contribution in [0.5, 0.6) is 0 Å². The fourth-order valence-electron chi connectivity index (χ4n) is 5.08. The van der Waals surface area contributed by atoms with Gasteiger partial charge >= 0.3 is 0 Å². The van der Waals surface area contributed by atoms with Gasteiger partial charge in [0, 0.05) is 48.8 Å². The van der Waals surface area contributed by atoms with Crippen molar-refractivity contribution >= 4 is 17.6 Å². The van der Waals surface area contributed by atoms with E-state index >= 15 is 0 Å². The lowest BCUT2D eigenvalue weighted by Gasteiger charge is -2.37. The van der Waals surface area contributed by atoms with E-state index < -0.39 is 0 Å². The van der Waals surface area contributed by atoms with Gasteiger partial charge in [-0.3, -0.25) is 14.4 Å². The average Bonchev–Trinajstić information content (AvgIpc) is 3.10. The molecule has 1 saturated heterocycles. The van der Waals surface area contributed by atoms with Crippen LogP contribution in [0.2, 0.25) is 0 Å². The van der Waals surface area contributed by atoms with Gasteiger partial charge in [0.1, 0.15) is 0 Å². The molecule has 0 bridgehead atoms. The van der Waals surface area contributed by atoms with Crippen molar-refractivity contribution in [1.29, 1.82) is 0 Å². The zero-order chi connectivity index (χ0) is 20.7. The van der Waals surface area contributed by atoms with Gasteiger partial charge in [-0.05, 0) is 36.1 Å². The third kappa shape index (κ3) is 3.22. The fourth-order valence-corrected chi connectivity index (χ4v) is 5.08. The topological polar surface area (TPSA) is 57.7 Å². The lowest BCUT2D eigenvalue weighted by atomic mass is 9.88. The molecule has 2 aromatic carbocycles. The molecule has 5 nitrogen and oxygen atoms in total. The van der Waals surface area contributed by atoms with E-state index in [1.165, 1.54) is 6.42 Å². The van der Waals surface area contributed by atoms with Crippen LogP contribution in [0, 0.1) is 5.92 Å². The minimum Gasteiger partial charge on any atom is -0.339 e. The van der Waals surface area contributed by atoms with E-state index in [0.29, 0.717) is 42.9 Å². The van der Waals surface area contributed by atoms with E-state index in [1.54, 1.807) is 11.0 Å². The minimum atomic E-state index is -0.0636. The summed E-state index contributed by atoms with van der Waals surface area (Å²) in [6.07, 6.45) is 5.54. The van der Waals surface area contributed by atoms with Crippen LogP contribution in [-0.2, 0) is 4.79 Å². The Morgan fingerprint density at radius 1 is 0.733 bits per heavy atom. The highest BCUT2D eigenvalue weighted by Gasteiger charge is 2.31. The first-order valence-electron chi connectivity index (χ1n) is 11.0. The molecule has 2 aromatic rings. The molecular formula is C25H26N2O3. The number of fused-ring (bicyclic) bond motifs is 3. The second-order valence-corrected chi connectivity index (χ2v) is 8.59. The maximum Gasteiger partial charge on any atom is 0.253 e. The number of ketones is 1. The van der Waals surface area contributed by atoms with Gasteiger partial charge in [0.2, 0.25) is 5.91 Å². The first-order chi connectivity index (χ1) is 14.6. The van der Waals surface area contributed by atoms with Crippen LogP contribution in [-0.4, -0.2) is 53.6 Å². The third-order valence-corrected chi connectivity index (χ3v) is 6.81.